The Hall–Kier alpha value is -3.53. The second-order valence-electron chi connectivity index (χ2n) is 7.72. The van der Waals surface area contributed by atoms with Crippen molar-refractivity contribution in [1.29, 1.82) is 0 Å². The van der Waals surface area contributed by atoms with Crippen LogP contribution in [-0.4, -0.2) is 10.4 Å². The Bertz CT molecular complexity index is 1310. The van der Waals surface area contributed by atoms with E-state index in [0.29, 0.717) is 23.0 Å². The number of carbonyl (C=O) groups is 1. The van der Waals surface area contributed by atoms with E-state index in [0.717, 1.165) is 22.3 Å². The normalized spacial score (nSPS) is 11.1. The number of carbonyl (C=O) groups excluding carboxylic acids is 1. The van der Waals surface area contributed by atoms with Crippen molar-refractivity contribution in [2.75, 3.05) is 0 Å². The molecule has 0 aliphatic heterocycles. The summed E-state index contributed by atoms with van der Waals surface area (Å²) in [6.07, 6.45) is 0. The maximum atomic E-state index is 14.1. The number of aromatic nitrogens is 1. The lowest BCUT2D eigenvalue weighted by Gasteiger charge is -2.17. The fourth-order valence-electron chi connectivity index (χ4n) is 4.07. The molecule has 0 radical (unpaired) electrons. The molecule has 0 saturated carbocycles. The molecule has 1 heterocycles. The number of pyridine rings is 1. The number of rotatable bonds is 4. The van der Waals surface area contributed by atoms with Crippen molar-refractivity contribution in [2.24, 2.45) is 0 Å². The molecule has 3 nitrogen and oxygen atoms in total. The summed E-state index contributed by atoms with van der Waals surface area (Å²) in [4.78, 5) is 26.2. The van der Waals surface area contributed by atoms with Crippen LogP contribution >= 0.6 is 0 Å². The molecule has 4 heteroatoms. The Balaban J connectivity index is 1.93. The Labute approximate surface area is 174 Å². The highest BCUT2D eigenvalue weighted by atomic mass is 19.1. The molecule has 0 N–H and O–H groups in total. The van der Waals surface area contributed by atoms with E-state index in [2.05, 4.69) is 12.1 Å². The third-order valence-corrected chi connectivity index (χ3v) is 5.51. The first-order valence-corrected chi connectivity index (χ1v) is 9.84. The van der Waals surface area contributed by atoms with Gasteiger partial charge in [0.05, 0.1) is 12.1 Å². The van der Waals surface area contributed by atoms with Crippen molar-refractivity contribution in [2.45, 2.75) is 27.3 Å². The summed E-state index contributed by atoms with van der Waals surface area (Å²) in [5.74, 6) is -0.740. The topological polar surface area (TPSA) is 39.1 Å². The first kappa shape index (κ1) is 19.8. The molecule has 0 aliphatic rings. The number of hydrogen-bond donors (Lipinski definition) is 0. The SMILES string of the molecule is Cc1cc(C)c(Cn2c(=O)cc(C(=O)c3ccccc3)c3cc(F)ccc32)c(C)c1. The Morgan fingerprint density at radius 3 is 2.23 bits per heavy atom. The van der Waals surface area contributed by atoms with Crippen LogP contribution in [0.15, 0.2) is 71.5 Å². The van der Waals surface area contributed by atoms with E-state index >= 15 is 0 Å². The van der Waals surface area contributed by atoms with Crippen LogP contribution in [0.3, 0.4) is 0 Å². The van der Waals surface area contributed by atoms with Gasteiger partial charge in [0.15, 0.2) is 5.78 Å². The zero-order chi connectivity index (χ0) is 21.4. The summed E-state index contributed by atoms with van der Waals surface area (Å²) in [5, 5.41) is 0.436. The molecule has 0 saturated heterocycles. The number of fused-ring (bicyclic) bond motifs is 1. The van der Waals surface area contributed by atoms with E-state index < -0.39 is 5.82 Å². The first-order chi connectivity index (χ1) is 14.3. The fourth-order valence-corrected chi connectivity index (χ4v) is 4.07. The summed E-state index contributed by atoms with van der Waals surface area (Å²) < 4.78 is 15.7. The van der Waals surface area contributed by atoms with E-state index in [1.165, 1.54) is 18.2 Å². The van der Waals surface area contributed by atoms with Crippen molar-refractivity contribution < 1.29 is 9.18 Å². The molecule has 0 fully saturated rings. The molecule has 0 aliphatic carbocycles. The molecule has 1 aromatic heterocycles. The number of nitrogens with zero attached hydrogens (tertiary/aromatic N) is 1. The standard InChI is InChI=1S/C26H22FNO2/c1-16-11-17(2)23(18(3)12-16)15-28-24-10-9-20(27)13-21(24)22(14-25(28)29)26(30)19-7-5-4-6-8-19/h4-14H,15H2,1-3H3. The van der Waals surface area contributed by atoms with Gasteiger partial charge in [0.25, 0.3) is 5.56 Å². The van der Waals surface area contributed by atoms with Crippen molar-refractivity contribution in [3.8, 4) is 0 Å². The van der Waals surface area contributed by atoms with E-state index in [1.807, 2.05) is 26.8 Å². The molecular formula is C26H22FNO2. The van der Waals surface area contributed by atoms with Gasteiger partial charge in [-0.25, -0.2) is 4.39 Å². The van der Waals surface area contributed by atoms with Gasteiger partial charge in [-0.3, -0.25) is 9.59 Å². The van der Waals surface area contributed by atoms with Crippen LogP contribution in [0.4, 0.5) is 4.39 Å². The van der Waals surface area contributed by atoms with Crippen molar-refractivity contribution in [1.82, 2.24) is 4.57 Å². The van der Waals surface area contributed by atoms with Crippen LogP contribution in [0.25, 0.3) is 10.9 Å². The van der Waals surface area contributed by atoms with Gasteiger partial charge in [0, 0.05) is 22.6 Å². The van der Waals surface area contributed by atoms with Gasteiger partial charge in [0.1, 0.15) is 5.82 Å². The van der Waals surface area contributed by atoms with Crippen molar-refractivity contribution in [3.63, 3.8) is 0 Å². The molecule has 0 unspecified atom stereocenters. The molecular weight excluding hydrogens is 377 g/mol. The Morgan fingerprint density at radius 2 is 1.57 bits per heavy atom. The molecule has 0 atom stereocenters. The van der Waals surface area contributed by atoms with Gasteiger partial charge in [-0.05, 0) is 55.7 Å². The third kappa shape index (κ3) is 3.57. The van der Waals surface area contributed by atoms with Crippen LogP contribution in [-0.2, 0) is 6.54 Å². The van der Waals surface area contributed by atoms with Gasteiger partial charge >= 0.3 is 0 Å². The van der Waals surface area contributed by atoms with Gasteiger partial charge in [0.2, 0.25) is 0 Å². The van der Waals surface area contributed by atoms with Crippen molar-refractivity contribution >= 4 is 16.7 Å². The highest BCUT2D eigenvalue weighted by molar-refractivity contribution is 6.15. The Kier molecular flexibility index (Phi) is 5.08. The monoisotopic (exact) mass is 399 g/mol. The minimum absolute atomic E-state index is 0.217. The van der Waals surface area contributed by atoms with Gasteiger partial charge in [-0.1, -0.05) is 48.0 Å². The zero-order valence-corrected chi connectivity index (χ0v) is 17.2. The van der Waals surface area contributed by atoms with Gasteiger partial charge < -0.3 is 4.57 Å². The van der Waals surface area contributed by atoms with Gasteiger partial charge in [-0.15, -0.1) is 0 Å². The minimum atomic E-state index is -0.447. The number of benzene rings is 3. The third-order valence-electron chi connectivity index (χ3n) is 5.51. The Morgan fingerprint density at radius 1 is 0.900 bits per heavy atom. The lowest BCUT2D eigenvalue weighted by atomic mass is 9.97. The lowest BCUT2D eigenvalue weighted by molar-refractivity contribution is 0.104. The molecule has 150 valence electrons. The average Bonchev–Trinajstić information content (AvgIpc) is 2.71. The minimum Gasteiger partial charge on any atom is -0.304 e. The number of hydrogen-bond acceptors (Lipinski definition) is 2. The largest absolute Gasteiger partial charge is 0.304 e. The number of ketones is 1. The maximum absolute atomic E-state index is 14.1. The van der Waals surface area contributed by atoms with Crippen LogP contribution in [0.1, 0.15) is 38.2 Å². The quantitative estimate of drug-likeness (QED) is 0.434. The van der Waals surface area contributed by atoms with Crippen LogP contribution in [0, 0.1) is 26.6 Å². The molecule has 4 aromatic rings. The van der Waals surface area contributed by atoms with Gasteiger partial charge in [-0.2, -0.15) is 0 Å². The van der Waals surface area contributed by atoms with E-state index in [1.54, 1.807) is 34.9 Å². The molecule has 3 aromatic carbocycles. The lowest BCUT2D eigenvalue weighted by Crippen LogP contribution is -2.23. The van der Waals surface area contributed by atoms with Crippen molar-refractivity contribution in [3.05, 3.63) is 116 Å². The first-order valence-electron chi connectivity index (χ1n) is 9.84. The van der Waals surface area contributed by atoms with Crippen LogP contribution in [0.2, 0.25) is 0 Å². The molecule has 0 spiro atoms. The van der Waals surface area contributed by atoms with E-state index in [-0.39, 0.29) is 16.9 Å². The molecule has 0 bridgehead atoms. The van der Waals surface area contributed by atoms with E-state index in [4.69, 9.17) is 0 Å². The summed E-state index contributed by atoms with van der Waals surface area (Å²) in [6.45, 7) is 6.45. The van der Waals surface area contributed by atoms with E-state index in [9.17, 15) is 14.0 Å². The number of halogens is 1. The fraction of sp³-hybridized carbons (Fsp3) is 0.154. The van der Waals surface area contributed by atoms with Crippen LogP contribution in [0.5, 0.6) is 0 Å². The molecule has 4 rings (SSSR count). The second kappa shape index (κ2) is 7.71. The summed E-state index contributed by atoms with van der Waals surface area (Å²) >= 11 is 0. The maximum Gasteiger partial charge on any atom is 0.252 e. The highest BCUT2D eigenvalue weighted by Crippen LogP contribution is 2.24. The second-order valence-corrected chi connectivity index (χ2v) is 7.72. The smallest absolute Gasteiger partial charge is 0.252 e. The number of aryl methyl sites for hydroxylation is 3. The summed E-state index contributed by atoms with van der Waals surface area (Å²) in [7, 11) is 0. The van der Waals surface area contributed by atoms with Crippen LogP contribution < -0.4 is 5.56 Å². The molecule has 0 amide bonds. The predicted octanol–water partition coefficient (Wildman–Crippen LogP) is 5.35. The summed E-state index contributed by atoms with van der Waals surface area (Å²) in [6, 6.07) is 18.5. The average molecular weight is 399 g/mol. The highest BCUT2D eigenvalue weighted by Gasteiger charge is 2.18. The molecule has 30 heavy (non-hydrogen) atoms. The zero-order valence-electron chi connectivity index (χ0n) is 17.2. The summed E-state index contributed by atoms with van der Waals surface area (Å²) in [5.41, 5.74) is 5.35. The predicted molar refractivity (Wildman–Crippen MR) is 118 cm³/mol.